The Morgan fingerprint density at radius 3 is 2.53 bits per heavy atom. The zero-order valence-corrected chi connectivity index (χ0v) is 10.4. The predicted molar refractivity (Wildman–Crippen MR) is 61.5 cm³/mol. The standard InChI is InChI=1S/C11H23N3O/c1-6-10-11(15)14(9(3)12-10)8(2)7-13(4)5/h8-10,12H,6-7H2,1-5H3. The highest BCUT2D eigenvalue weighted by Crippen LogP contribution is 2.16. The van der Waals surface area contributed by atoms with E-state index in [9.17, 15) is 4.79 Å². The number of nitrogens with one attached hydrogen (secondary N) is 1. The number of rotatable bonds is 4. The van der Waals surface area contributed by atoms with Gasteiger partial charge >= 0.3 is 0 Å². The molecule has 4 nitrogen and oxygen atoms in total. The normalized spacial score (nSPS) is 28.9. The minimum Gasteiger partial charge on any atom is -0.322 e. The van der Waals surface area contributed by atoms with Crippen LogP contribution >= 0.6 is 0 Å². The van der Waals surface area contributed by atoms with Gasteiger partial charge in [-0.1, -0.05) is 6.92 Å². The molecule has 0 aromatic carbocycles. The molecule has 0 radical (unpaired) electrons. The van der Waals surface area contributed by atoms with Gasteiger partial charge in [-0.3, -0.25) is 10.1 Å². The Morgan fingerprint density at radius 1 is 1.53 bits per heavy atom. The third-order valence-corrected chi connectivity index (χ3v) is 2.92. The molecule has 4 heteroatoms. The summed E-state index contributed by atoms with van der Waals surface area (Å²) >= 11 is 0. The topological polar surface area (TPSA) is 35.6 Å². The average molecular weight is 213 g/mol. The summed E-state index contributed by atoms with van der Waals surface area (Å²) < 4.78 is 0. The van der Waals surface area contributed by atoms with Crippen molar-refractivity contribution in [3.8, 4) is 0 Å². The molecule has 0 aliphatic carbocycles. The maximum absolute atomic E-state index is 12.0. The Hall–Kier alpha value is -0.610. The van der Waals surface area contributed by atoms with Gasteiger partial charge in [0.15, 0.2) is 0 Å². The largest absolute Gasteiger partial charge is 0.322 e. The van der Waals surface area contributed by atoms with E-state index in [1.807, 2.05) is 25.9 Å². The van der Waals surface area contributed by atoms with Crippen molar-refractivity contribution < 1.29 is 4.79 Å². The van der Waals surface area contributed by atoms with Crippen LogP contribution in [0.2, 0.25) is 0 Å². The molecule has 1 amide bonds. The molecular weight excluding hydrogens is 190 g/mol. The molecule has 0 spiro atoms. The van der Waals surface area contributed by atoms with E-state index < -0.39 is 0 Å². The lowest BCUT2D eigenvalue weighted by Gasteiger charge is -2.30. The fourth-order valence-electron chi connectivity index (χ4n) is 2.32. The van der Waals surface area contributed by atoms with Crippen LogP contribution in [0.4, 0.5) is 0 Å². The van der Waals surface area contributed by atoms with E-state index in [1.165, 1.54) is 0 Å². The quantitative estimate of drug-likeness (QED) is 0.738. The molecule has 0 aromatic heterocycles. The van der Waals surface area contributed by atoms with E-state index >= 15 is 0 Å². The van der Waals surface area contributed by atoms with Gasteiger partial charge in [-0.2, -0.15) is 0 Å². The summed E-state index contributed by atoms with van der Waals surface area (Å²) in [5.74, 6) is 0.249. The molecule has 1 aliphatic heterocycles. The van der Waals surface area contributed by atoms with Gasteiger partial charge in [-0.25, -0.2) is 0 Å². The van der Waals surface area contributed by atoms with E-state index in [2.05, 4.69) is 24.1 Å². The first-order chi connectivity index (χ1) is 6.97. The van der Waals surface area contributed by atoms with Crippen LogP contribution < -0.4 is 5.32 Å². The SMILES string of the molecule is CCC1NC(C)N(C(C)CN(C)C)C1=O. The van der Waals surface area contributed by atoms with Crippen LogP contribution in [0.1, 0.15) is 27.2 Å². The number of hydrogen-bond donors (Lipinski definition) is 1. The highest BCUT2D eigenvalue weighted by atomic mass is 16.2. The average Bonchev–Trinajstić information content (AvgIpc) is 2.40. The molecule has 0 saturated carbocycles. The monoisotopic (exact) mass is 213 g/mol. The molecule has 1 fully saturated rings. The number of carbonyl (C=O) groups excluding carboxylic acids is 1. The lowest BCUT2D eigenvalue weighted by atomic mass is 10.2. The van der Waals surface area contributed by atoms with E-state index in [4.69, 9.17) is 0 Å². The Kier molecular flexibility index (Phi) is 4.11. The van der Waals surface area contributed by atoms with Crippen LogP contribution in [-0.4, -0.2) is 54.6 Å². The van der Waals surface area contributed by atoms with Gasteiger partial charge in [0.05, 0.1) is 12.2 Å². The summed E-state index contributed by atoms with van der Waals surface area (Å²) in [6, 6.07) is 0.288. The first kappa shape index (κ1) is 12.5. The predicted octanol–water partition coefficient (Wildman–Crippen LogP) is 0.493. The summed E-state index contributed by atoms with van der Waals surface area (Å²) in [5.41, 5.74) is 0. The van der Waals surface area contributed by atoms with Crippen LogP contribution in [-0.2, 0) is 4.79 Å². The second-order valence-corrected chi connectivity index (χ2v) is 4.66. The van der Waals surface area contributed by atoms with Gasteiger partial charge in [0, 0.05) is 12.6 Å². The van der Waals surface area contributed by atoms with E-state index in [1.54, 1.807) is 0 Å². The van der Waals surface area contributed by atoms with Crippen LogP contribution in [0.25, 0.3) is 0 Å². The third kappa shape index (κ3) is 2.69. The van der Waals surface area contributed by atoms with Gasteiger partial charge in [-0.15, -0.1) is 0 Å². The Morgan fingerprint density at radius 2 is 2.13 bits per heavy atom. The molecule has 1 aliphatic rings. The lowest BCUT2D eigenvalue weighted by Crippen LogP contribution is -2.46. The highest BCUT2D eigenvalue weighted by molar-refractivity contribution is 5.84. The summed E-state index contributed by atoms with van der Waals surface area (Å²) in [6.45, 7) is 7.12. The van der Waals surface area contributed by atoms with Crippen LogP contribution in [0.15, 0.2) is 0 Å². The van der Waals surface area contributed by atoms with Crippen LogP contribution in [0.5, 0.6) is 0 Å². The summed E-state index contributed by atoms with van der Waals surface area (Å²) in [4.78, 5) is 16.1. The van der Waals surface area contributed by atoms with Crippen molar-refractivity contribution in [2.24, 2.45) is 0 Å². The summed E-state index contributed by atoms with van der Waals surface area (Å²) in [6.07, 6.45) is 1.03. The molecule has 3 unspecified atom stereocenters. The van der Waals surface area contributed by atoms with Gasteiger partial charge < -0.3 is 9.80 Å². The molecule has 3 atom stereocenters. The van der Waals surface area contributed by atoms with E-state index in [-0.39, 0.29) is 24.2 Å². The third-order valence-electron chi connectivity index (χ3n) is 2.92. The van der Waals surface area contributed by atoms with Gasteiger partial charge in [0.25, 0.3) is 0 Å². The second kappa shape index (κ2) is 4.94. The van der Waals surface area contributed by atoms with Gasteiger partial charge in [0.2, 0.25) is 5.91 Å². The van der Waals surface area contributed by atoms with Crippen molar-refractivity contribution in [2.45, 2.75) is 45.4 Å². The molecular formula is C11H23N3O. The zero-order valence-electron chi connectivity index (χ0n) is 10.4. The number of hydrogen-bond acceptors (Lipinski definition) is 3. The summed E-state index contributed by atoms with van der Waals surface area (Å²) in [5, 5.41) is 3.32. The zero-order chi connectivity index (χ0) is 11.6. The van der Waals surface area contributed by atoms with Crippen molar-refractivity contribution in [2.75, 3.05) is 20.6 Å². The number of amides is 1. The molecule has 0 bridgehead atoms. The summed E-state index contributed by atoms with van der Waals surface area (Å²) in [7, 11) is 4.07. The van der Waals surface area contributed by atoms with Crippen molar-refractivity contribution in [1.82, 2.24) is 15.1 Å². The highest BCUT2D eigenvalue weighted by Gasteiger charge is 2.37. The maximum atomic E-state index is 12.0. The molecule has 1 N–H and O–H groups in total. The first-order valence-corrected chi connectivity index (χ1v) is 5.70. The Bertz CT molecular complexity index is 230. The lowest BCUT2D eigenvalue weighted by molar-refractivity contribution is -0.132. The number of carbonyl (C=O) groups is 1. The van der Waals surface area contributed by atoms with Crippen molar-refractivity contribution in [1.29, 1.82) is 0 Å². The maximum Gasteiger partial charge on any atom is 0.241 e. The van der Waals surface area contributed by atoms with E-state index in [0.717, 1.165) is 13.0 Å². The van der Waals surface area contributed by atoms with Crippen molar-refractivity contribution in [3.63, 3.8) is 0 Å². The molecule has 1 rings (SSSR count). The number of nitrogens with zero attached hydrogens (tertiary/aromatic N) is 2. The van der Waals surface area contributed by atoms with E-state index in [0.29, 0.717) is 0 Å². The van der Waals surface area contributed by atoms with Crippen LogP contribution in [0.3, 0.4) is 0 Å². The Balaban J connectivity index is 2.64. The van der Waals surface area contributed by atoms with Gasteiger partial charge in [0.1, 0.15) is 0 Å². The minimum atomic E-state index is 0.0182. The molecule has 1 heterocycles. The van der Waals surface area contributed by atoms with Gasteiger partial charge in [-0.05, 0) is 34.4 Å². The first-order valence-electron chi connectivity index (χ1n) is 5.70. The van der Waals surface area contributed by atoms with Crippen molar-refractivity contribution >= 4 is 5.91 Å². The smallest absolute Gasteiger partial charge is 0.241 e. The van der Waals surface area contributed by atoms with Crippen LogP contribution in [0, 0.1) is 0 Å². The molecule has 0 aromatic rings. The minimum absolute atomic E-state index is 0.0182. The fraction of sp³-hybridized carbons (Fsp3) is 0.909. The van der Waals surface area contributed by atoms with Crippen molar-refractivity contribution in [3.05, 3.63) is 0 Å². The molecule has 1 saturated heterocycles. The molecule has 15 heavy (non-hydrogen) atoms. The fourth-order valence-corrected chi connectivity index (χ4v) is 2.32. The number of likely N-dealkylation sites (N-methyl/N-ethyl adjacent to an activating group) is 1. The second-order valence-electron chi connectivity index (χ2n) is 4.66. The Labute approximate surface area is 92.6 Å². The molecule has 88 valence electrons.